The predicted molar refractivity (Wildman–Crippen MR) is 83.6 cm³/mol. The number of nitrogens with zero attached hydrogens (tertiary/aromatic N) is 1. The van der Waals surface area contributed by atoms with Crippen molar-refractivity contribution in [1.29, 1.82) is 0 Å². The molecule has 2 N–H and O–H groups in total. The van der Waals surface area contributed by atoms with E-state index in [1.54, 1.807) is 6.07 Å². The molecule has 0 saturated carbocycles. The Kier molecular flexibility index (Phi) is 4.41. The lowest BCUT2D eigenvalue weighted by molar-refractivity contribution is -0.138. The van der Waals surface area contributed by atoms with Crippen LogP contribution < -0.4 is 5.73 Å². The van der Waals surface area contributed by atoms with E-state index in [1.165, 1.54) is 12.1 Å². The molecule has 3 rings (SSSR count). The average Bonchev–Trinajstić information content (AvgIpc) is 2.54. The van der Waals surface area contributed by atoms with Crippen molar-refractivity contribution in [3.8, 4) is 0 Å². The fourth-order valence-corrected chi connectivity index (χ4v) is 3.11. The van der Waals surface area contributed by atoms with Crippen LogP contribution in [0.5, 0.6) is 0 Å². The summed E-state index contributed by atoms with van der Waals surface area (Å²) in [6.07, 6.45) is -3.84. The van der Waals surface area contributed by atoms with Crippen LogP contribution in [0.4, 0.5) is 13.2 Å². The number of fused-ring (bicyclic) bond motifs is 1. The molecule has 0 aromatic heterocycles. The number of halogens is 3. The van der Waals surface area contributed by atoms with Crippen LogP contribution in [0.2, 0.25) is 0 Å². The Bertz CT molecular complexity index is 678. The summed E-state index contributed by atoms with van der Waals surface area (Å²) in [4.78, 5) is 2.18. The van der Waals surface area contributed by atoms with E-state index in [0.717, 1.165) is 23.2 Å². The van der Waals surface area contributed by atoms with Crippen LogP contribution in [-0.2, 0) is 32.2 Å². The Balaban J connectivity index is 1.75. The first-order valence-electron chi connectivity index (χ1n) is 7.65. The van der Waals surface area contributed by atoms with Crippen molar-refractivity contribution >= 4 is 0 Å². The number of rotatable bonds is 3. The van der Waals surface area contributed by atoms with Crippen LogP contribution >= 0.6 is 0 Å². The average molecular weight is 320 g/mol. The Hall–Kier alpha value is -1.85. The number of nitrogens with two attached hydrogens (primary N) is 1. The number of alkyl halides is 3. The van der Waals surface area contributed by atoms with Gasteiger partial charge in [-0.2, -0.15) is 13.2 Å². The van der Waals surface area contributed by atoms with Crippen LogP contribution in [0.25, 0.3) is 0 Å². The molecule has 122 valence electrons. The van der Waals surface area contributed by atoms with Gasteiger partial charge in [0.1, 0.15) is 0 Å². The molecule has 0 saturated heterocycles. The minimum Gasteiger partial charge on any atom is -0.326 e. The molecule has 1 heterocycles. The van der Waals surface area contributed by atoms with Gasteiger partial charge in [-0.1, -0.05) is 36.4 Å². The first kappa shape index (κ1) is 16.0. The van der Waals surface area contributed by atoms with Gasteiger partial charge in [-0.3, -0.25) is 4.90 Å². The molecular weight excluding hydrogens is 301 g/mol. The van der Waals surface area contributed by atoms with Crippen molar-refractivity contribution in [2.24, 2.45) is 5.73 Å². The highest BCUT2D eigenvalue weighted by Crippen LogP contribution is 2.35. The van der Waals surface area contributed by atoms with E-state index < -0.39 is 11.7 Å². The largest absolute Gasteiger partial charge is 0.416 e. The molecule has 0 bridgehead atoms. The van der Waals surface area contributed by atoms with Crippen LogP contribution in [0.15, 0.2) is 42.5 Å². The number of hydrogen-bond donors (Lipinski definition) is 1. The predicted octanol–water partition coefficient (Wildman–Crippen LogP) is 3.72. The highest BCUT2D eigenvalue weighted by molar-refractivity contribution is 5.39. The van der Waals surface area contributed by atoms with E-state index in [2.05, 4.69) is 4.90 Å². The van der Waals surface area contributed by atoms with E-state index in [9.17, 15) is 13.2 Å². The second kappa shape index (κ2) is 6.34. The molecule has 2 aromatic carbocycles. The van der Waals surface area contributed by atoms with E-state index in [4.69, 9.17) is 5.73 Å². The normalized spacial score (nSPS) is 15.5. The molecule has 0 amide bonds. The maximum Gasteiger partial charge on any atom is 0.416 e. The van der Waals surface area contributed by atoms with Gasteiger partial charge in [-0.25, -0.2) is 0 Å². The second-order valence-corrected chi connectivity index (χ2v) is 5.92. The molecular formula is C18H19F3N2. The van der Waals surface area contributed by atoms with E-state index in [0.29, 0.717) is 31.6 Å². The Morgan fingerprint density at radius 1 is 1.00 bits per heavy atom. The van der Waals surface area contributed by atoms with Gasteiger partial charge < -0.3 is 5.73 Å². The van der Waals surface area contributed by atoms with Crippen molar-refractivity contribution in [3.05, 3.63) is 70.3 Å². The molecule has 1 aliphatic heterocycles. The minimum atomic E-state index is -4.27. The van der Waals surface area contributed by atoms with Gasteiger partial charge in [-0.15, -0.1) is 0 Å². The highest BCUT2D eigenvalue weighted by Gasteiger charge is 2.35. The lowest BCUT2D eigenvalue weighted by atomic mass is 9.94. The summed E-state index contributed by atoms with van der Waals surface area (Å²) in [5.74, 6) is 0. The fraction of sp³-hybridized carbons (Fsp3) is 0.333. The minimum absolute atomic E-state index is 0.436. The lowest BCUT2D eigenvalue weighted by Crippen LogP contribution is -2.31. The van der Waals surface area contributed by atoms with Crippen molar-refractivity contribution in [1.82, 2.24) is 4.90 Å². The molecule has 0 aliphatic carbocycles. The zero-order chi connectivity index (χ0) is 16.4. The Morgan fingerprint density at radius 2 is 1.70 bits per heavy atom. The molecule has 2 nitrogen and oxygen atoms in total. The van der Waals surface area contributed by atoms with Crippen molar-refractivity contribution in [2.45, 2.75) is 32.2 Å². The van der Waals surface area contributed by atoms with Crippen LogP contribution in [0.1, 0.15) is 27.8 Å². The molecule has 0 radical (unpaired) electrons. The monoisotopic (exact) mass is 320 g/mol. The van der Waals surface area contributed by atoms with E-state index >= 15 is 0 Å². The highest BCUT2D eigenvalue weighted by atomic mass is 19.4. The summed E-state index contributed by atoms with van der Waals surface area (Å²) < 4.78 is 39.2. The second-order valence-electron chi connectivity index (χ2n) is 5.92. The summed E-state index contributed by atoms with van der Waals surface area (Å²) in [6.45, 7) is 2.44. The van der Waals surface area contributed by atoms with Gasteiger partial charge in [0.05, 0.1) is 5.56 Å². The standard InChI is InChI=1S/C18H19F3N2/c19-18(20,21)17-3-1-2-15-12-23(9-8-16(15)17)11-14-6-4-13(10-22)5-7-14/h1-7H,8-12,22H2. The third kappa shape index (κ3) is 3.57. The van der Waals surface area contributed by atoms with E-state index in [1.807, 2.05) is 24.3 Å². The quantitative estimate of drug-likeness (QED) is 0.934. The summed E-state index contributed by atoms with van der Waals surface area (Å²) >= 11 is 0. The SMILES string of the molecule is NCc1ccc(CN2CCc3c(cccc3C(F)(F)F)C2)cc1. The number of benzene rings is 2. The molecule has 5 heteroatoms. The van der Waals surface area contributed by atoms with Crippen LogP contribution in [0, 0.1) is 0 Å². The van der Waals surface area contributed by atoms with Gasteiger partial charge in [-0.05, 0) is 34.7 Å². The molecule has 0 unspecified atom stereocenters. The van der Waals surface area contributed by atoms with Gasteiger partial charge in [0, 0.05) is 26.2 Å². The third-order valence-corrected chi connectivity index (χ3v) is 4.32. The smallest absolute Gasteiger partial charge is 0.326 e. The molecule has 0 atom stereocenters. The molecule has 23 heavy (non-hydrogen) atoms. The number of hydrogen-bond acceptors (Lipinski definition) is 2. The van der Waals surface area contributed by atoms with Crippen LogP contribution in [0.3, 0.4) is 0 Å². The molecule has 0 spiro atoms. The zero-order valence-corrected chi connectivity index (χ0v) is 12.7. The summed E-state index contributed by atoms with van der Waals surface area (Å²) in [7, 11) is 0. The maximum absolute atomic E-state index is 13.1. The van der Waals surface area contributed by atoms with Crippen molar-refractivity contribution < 1.29 is 13.2 Å². The van der Waals surface area contributed by atoms with E-state index in [-0.39, 0.29) is 0 Å². The molecule has 0 fully saturated rings. The van der Waals surface area contributed by atoms with Crippen molar-refractivity contribution in [2.75, 3.05) is 6.54 Å². The Morgan fingerprint density at radius 3 is 2.35 bits per heavy atom. The van der Waals surface area contributed by atoms with Gasteiger partial charge >= 0.3 is 6.18 Å². The lowest BCUT2D eigenvalue weighted by Gasteiger charge is -2.30. The van der Waals surface area contributed by atoms with Crippen molar-refractivity contribution in [3.63, 3.8) is 0 Å². The summed E-state index contributed by atoms with van der Waals surface area (Å²) in [5, 5.41) is 0. The topological polar surface area (TPSA) is 29.3 Å². The summed E-state index contributed by atoms with van der Waals surface area (Å²) in [6, 6.07) is 12.5. The molecule has 2 aromatic rings. The fourth-order valence-electron chi connectivity index (χ4n) is 3.11. The summed E-state index contributed by atoms with van der Waals surface area (Å²) in [5.41, 5.74) is 8.56. The first-order valence-corrected chi connectivity index (χ1v) is 7.65. The first-order chi connectivity index (χ1) is 11.0. The zero-order valence-electron chi connectivity index (χ0n) is 12.7. The molecule has 1 aliphatic rings. The van der Waals surface area contributed by atoms with Crippen LogP contribution in [-0.4, -0.2) is 11.4 Å². The van der Waals surface area contributed by atoms with Gasteiger partial charge in [0.15, 0.2) is 0 Å². The maximum atomic E-state index is 13.1. The van der Waals surface area contributed by atoms with Gasteiger partial charge in [0.2, 0.25) is 0 Å². The third-order valence-electron chi connectivity index (χ3n) is 4.32. The Labute approximate surface area is 133 Å². The van der Waals surface area contributed by atoms with Gasteiger partial charge in [0.25, 0.3) is 0 Å².